The van der Waals surface area contributed by atoms with Crippen molar-refractivity contribution in [2.24, 2.45) is 5.41 Å². The van der Waals surface area contributed by atoms with Crippen LogP contribution in [0.5, 0.6) is 0 Å². The fourth-order valence-corrected chi connectivity index (χ4v) is 4.49. The van der Waals surface area contributed by atoms with Gasteiger partial charge in [0.15, 0.2) is 0 Å². The lowest BCUT2D eigenvalue weighted by molar-refractivity contribution is -0.146. The molecule has 1 aromatic carbocycles. The number of likely N-dealkylation sites (tertiary alicyclic amines) is 2. The number of likely N-dealkylation sites (N-methyl/N-ethyl adjacent to an activating group) is 1. The van der Waals surface area contributed by atoms with Crippen LogP contribution in [-0.4, -0.2) is 66.3 Å². The van der Waals surface area contributed by atoms with E-state index in [1.807, 2.05) is 18.9 Å². The Hall–Kier alpha value is -1.88. The number of amides is 2. The Labute approximate surface area is 169 Å². The predicted molar refractivity (Wildman–Crippen MR) is 112 cm³/mol. The highest BCUT2D eigenvalue weighted by Gasteiger charge is 2.48. The maximum Gasteiger partial charge on any atom is 0.236 e. The largest absolute Gasteiger partial charge is 0.345 e. The van der Waals surface area contributed by atoms with E-state index >= 15 is 0 Å². The van der Waals surface area contributed by atoms with Crippen LogP contribution >= 0.6 is 0 Å². The number of carbonyl (C=O) groups is 2. The smallest absolute Gasteiger partial charge is 0.236 e. The summed E-state index contributed by atoms with van der Waals surface area (Å²) < 4.78 is 0. The molecule has 0 N–H and O–H groups in total. The lowest BCUT2D eigenvalue weighted by Gasteiger charge is -2.39. The zero-order valence-electron chi connectivity index (χ0n) is 17.9. The van der Waals surface area contributed by atoms with Crippen molar-refractivity contribution in [2.45, 2.75) is 52.5 Å². The first-order valence-corrected chi connectivity index (χ1v) is 10.7. The predicted octanol–water partition coefficient (Wildman–Crippen LogP) is 3.10. The molecule has 0 saturated carbocycles. The summed E-state index contributed by atoms with van der Waals surface area (Å²) in [5, 5.41) is 0. The standard InChI is InChI=1S/C23H35N3O2/c1-5-24(4)21(27)16-25-14-12-23(17-25)11-6-13-26(22(23)28)15-19-7-9-20(10-8-19)18(2)3/h7-10,18H,5-6,11-17H2,1-4H3/t23-/m1/s1. The molecule has 0 unspecified atom stereocenters. The van der Waals surface area contributed by atoms with Gasteiger partial charge in [-0.25, -0.2) is 0 Å². The molecule has 5 heteroatoms. The second-order valence-corrected chi connectivity index (χ2v) is 8.88. The molecule has 1 aromatic rings. The second kappa shape index (κ2) is 8.64. The number of nitrogens with zero attached hydrogens (tertiary/aromatic N) is 3. The van der Waals surface area contributed by atoms with Gasteiger partial charge in [0.1, 0.15) is 0 Å². The zero-order chi connectivity index (χ0) is 20.3. The molecule has 2 amide bonds. The summed E-state index contributed by atoms with van der Waals surface area (Å²) in [5.74, 6) is 0.947. The summed E-state index contributed by atoms with van der Waals surface area (Å²) in [4.78, 5) is 31.6. The monoisotopic (exact) mass is 385 g/mol. The van der Waals surface area contributed by atoms with Gasteiger partial charge in [-0.15, -0.1) is 0 Å². The Morgan fingerprint density at radius 1 is 1.18 bits per heavy atom. The average molecular weight is 386 g/mol. The molecule has 2 saturated heterocycles. The number of carbonyl (C=O) groups excluding carboxylic acids is 2. The van der Waals surface area contributed by atoms with E-state index in [0.717, 1.165) is 45.4 Å². The van der Waals surface area contributed by atoms with Crippen molar-refractivity contribution < 1.29 is 9.59 Å². The Morgan fingerprint density at radius 3 is 2.54 bits per heavy atom. The van der Waals surface area contributed by atoms with Crippen LogP contribution in [-0.2, 0) is 16.1 Å². The first-order valence-electron chi connectivity index (χ1n) is 10.7. The number of benzene rings is 1. The van der Waals surface area contributed by atoms with Crippen molar-refractivity contribution in [1.29, 1.82) is 0 Å². The van der Waals surface area contributed by atoms with Crippen molar-refractivity contribution in [3.05, 3.63) is 35.4 Å². The van der Waals surface area contributed by atoms with E-state index in [0.29, 0.717) is 19.0 Å². The number of hydrogen-bond donors (Lipinski definition) is 0. The van der Waals surface area contributed by atoms with Crippen molar-refractivity contribution in [2.75, 3.05) is 39.8 Å². The van der Waals surface area contributed by atoms with Gasteiger partial charge in [-0.05, 0) is 49.8 Å². The van der Waals surface area contributed by atoms with E-state index in [-0.39, 0.29) is 17.2 Å². The Balaban J connectivity index is 1.63. The van der Waals surface area contributed by atoms with Gasteiger partial charge in [0.25, 0.3) is 0 Å². The SMILES string of the molecule is CCN(C)C(=O)CN1CC[C@]2(CCCN(Cc3ccc(C(C)C)cc3)C2=O)C1. The van der Waals surface area contributed by atoms with E-state index in [9.17, 15) is 9.59 Å². The Bertz CT molecular complexity index is 700. The molecular formula is C23H35N3O2. The molecule has 2 heterocycles. The fraction of sp³-hybridized carbons (Fsp3) is 0.652. The molecule has 154 valence electrons. The maximum atomic E-state index is 13.4. The van der Waals surface area contributed by atoms with Crippen LogP contribution < -0.4 is 0 Å². The van der Waals surface area contributed by atoms with E-state index in [1.54, 1.807) is 4.90 Å². The minimum absolute atomic E-state index is 0.143. The summed E-state index contributed by atoms with van der Waals surface area (Å²) in [6.45, 7) is 10.6. The third kappa shape index (κ3) is 4.40. The van der Waals surface area contributed by atoms with Crippen LogP contribution in [0.4, 0.5) is 0 Å². The summed E-state index contributed by atoms with van der Waals surface area (Å²) in [6, 6.07) is 8.67. The molecule has 0 radical (unpaired) electrons. The molecule has 1 spiro atoms. The molecule has 0 aliphatic carbocycles. The average Bonchev–Trinajstić information content (AvgIpc) is 3.08. The maximum absolute atomic E-state index is 13.4. The van der Waals surface area contributed by atoms with Gasteiger partial charge in [-0.1, -0.05) is 38.1 Å². The van der Waals surface area contributed by atoms with Crippen LogP contribution in [0.25, 0.3) is 0 Å². The van der Waals surface area contributed by atoms with E-state index in [1.165, 1.54) is 11.1 Å². The highest BCUT2D eigenvalue weighted by atomic mass is 16.2. The number of piperidine rings is 1. The van der Waals surface area contributed by atoms with Crippen molar-refractivity contribution in [3.8, 4) is 0 Å². The van der Waals surface area contributed by atoms with Gasteiger partial charge in [0, 0.05) is 33.2 Å². The minimum Gasteiger partial charge on any atom is -0.345 e. The molecule has 3 rings (SSSR count). The van der Waals surface area contributed by atoms with Gasteiger partial charge in [-0.2, -0.15) is 0 Å². The third-order valence-corrected chi connectivity index (χ3v) is 6.54. The van der Waals surface area contributed by atoms with Crippen LogP contribution in [0.3, 0.4) is 0 Å². The molecular weight excluding hydrogens is 350 g/mol. The normalized spacial score (nSPS) is 23.0. The highest BCUT2D eigenvalue weighted by molar-refractivity contribution is 5.84. The van der Waals surface area contributed by atoms with Gasteiger partial charge >= 0.3 is 0 Å². The second-order valence-electron chi connectivity index (χ2n) is 8.88. The lowest BCUT2D eigenvalue weighted by Crippen LogP contribution is -2.50. The summed E-state index contributed by atoms with van der Waals surface area (Å²) in [5.41, 5.74) is 2.24. The first-order chi connectivity index (χ1) is 13.3. The van der Waals surface area contributed by atoms with Crippen LogP contribution in [0.15, 0.2) is 24.3 Å². The zero-order valence-corrected chi connectivity index (χ0v) is 17.9. The molecule has 1 atom stereocenters. The van der Waals surface area contributed by atoms with Gasteiger partial charge in [-0.3, -0.25) is 14.5 Å². The summed E-state index contributed by atoms with van der Waals surface area (Å²) in [7, 11) is 1.84. The summed E-state index contributed by atoms with van der Waals surface area (Å²) >= 11 is 0. The number of rotatable bonds is 6. The van der Waals surface area contributed by atoms with Crippen LogP contribution in [0, 0.1) is 5.41 Å². The van der Waals surface area contributed by atoms with Crippen molar-refractivity contribution >= 4 is 11.8 Å². The van der Waals surface area contributed by atoms with Crippen LogP contribution in [0.2, 0.25) is 0 Å². The fourth-order valence-electron chi connectivity index (χ4n) is 4.49. The number of hydrogen-bond acceptors (Lipinski definition) is 3. The quantitative estimate of drug-likeness (QED) is 0.756. The van der Waals surface area contributed by atoms with E-state index < -0.39 is 0 Å². The molecule has 0 aromatic heterocycles. The molecule has 0 bridgehead atoms. The molecule has 28 heavy (non-hydrogen) atoms. The van der Waals surface area contributed by atoms with Crippen molar-refractivity contribution in [1.82, 2.24) is 14.7 Å². The Kier molecular flexibility index (Phi) is 6.43. The lowest BCUT2D eigenvalue weighted by atomic mass is 9.78. The highest BCUT2D eigenvalue weighted by Crippen LogP contribution is 2.40. The van der Waals surface area contributed by atoms with Crippen LogP contribution in [0.1, 0.15) is 57.1 Å². The first kappa shape index (κ1) is 20.8. The Morgan fingerprint density at radius 2 is 1.89 bits per heavy atom. The van der Waals surface area contributed by atoms with Gasteiger partial charge in [0.2, 0.25) is 11.8 Å². The van der Waals surface area contributed by atoms with Crippen molar-refractivity contribution in [3.63, 3.8) is 0 Å². The van der Waals surface area contributed by atoms with E-state index in [4.69, 9.17) is 0 Å². The molecule has 5 nitrogen and oxygen atoms in total. The molecule has 2 aliphatic rings. The topological polar surface area (TPSA) is 43.9 Å². The molecule has 2 fully saturated rings. The van der Waals surface area contributed by atoms with E-state index in [2.05, 4.69) is 43.0 Å². The van der Waals surface area contributed by atoms with Gasteiger partial charge < -0.3 is 9.80 Å². The van der Waals surface area contributed by atoms with Gasteiger partial charge in [0.05, 0.1) is 12.0 Å². The molecule has 2 aliphatic heterocycles. The third-order valence-electron chi connectivity index (χ3n) is 6.54. The minimum atomic E-state index is -0.290. The summed E-state index contributed by atoms with van der Waals surface area (Å²) in [6.07, 6.45) is 2.87.